The molecule has 5 nitrogen and oxygen atoms in total. The van der Waals surface area contributed by atoms with Crippen LogP contribution in [0.5, 0.6) is 0 Å². The largest absolute Gasteiger partial charge is 0.491 e. The second-order valence-electron chi connectivity index (χ2n) is 6.53. The zero-order valence-electron chi connectivity index (χ0n) is 13.9. The van der Waals surface area contributed by atoms with Crippen LogP contribution in [0.1, 0.15) is 29.8 Å². The van der Waals surface area contributed by atoms with Crippen molar-refractivity contribution in [3.05, 3.63) is 39.9 Å². The van der Waals surface area contributed by atoms with Crippen molar-refractivity contribution in [2.24, 2.45) is 11.8 Å². The summed E-state index contributed by atoms with van der Waals surface area (Å²) in [7, 11) is 0. The molecular formula is C17H18ClF2N3O2. The van der Waals surface area contributed by atoms with E-state index in [0.29, 0.717) is 35.1 Å². The van der Waals surface area contributed by atoms with Crippen LogP contribution in [0, 0.1) is 17.2 Å². The van der Waals surface area contributed by atoms with E-state index >= 15 is 0 Å². The van der Waals surface area contributed by atoms with Gasteiger partial charge in [0.1, 0.15) is 10.9 Å². The minimum absolute atomic E-state index is 0.160. The SMILES string of the molecule is CC1=C(OCC(C)(F)F)C1C(C=N)CN1Cc2c(ccnc2Cl)C1=O. The number of hydrogen-bond acceptors (Lipinski definition) is 4. The average molecular weight is 370 g/mol. The van der Waals surface area contributed by atoms with E-state index in [1.165, 1.54) is 12.4 Å². The van der Waals surface area contributed by atoms with Gasteiger partial charge < -0.3 is 15.0 Å². The quantitative estimate of drug-likeness (QED) is 0.590. The highest BCUT2D eigenvalue weighted by molar-refractivity contribution is 6.30. The lowest BCUT2D eigenvalue weighted by atomic mass is 10.0. The molecule has 2 aliphatic rings. The monoisotopic (exact) mass is 369 g/mol. The van der Waals surface area contributed by atoms with Gasteiger partial charge in [0.25, 0.3) is 11.8 Å². The van der Waals surface area contributed by atoms with Gasteiger partial charge in [-0.15, -0.1) is 0 Å². The summed E-state index contributed by atoms with van der Waals surface area (Å²) in [5, 5.41) is 7.97. The number of allylic oxidation sites excluding steroid dienone is 2. The van der Waals surface area contributed by atoms with Crippen LogP contribution in [0.25, 0.3) is 0 Å². The number of pyridine rings is 1. The maximum absolute atomic E-state index is 13.0. The van der Waals surface area contributed by atoms with Gasteiger partial charge in [-0.1, -0.05) is 11.6 Å². The summed E-state index contributed by atoms with van der Waals surface area (Å²) in [6, 6.07) is 1.63. The maximum Gasteiger partial charge on any atom is 0.278 e. The topological polar surface area (TPSA) is 66.3 Å². The van der Waals surface area contributed by atoms with Crippen LogP contribution in [-0.2, 0) is 11.3 Å². The molecule has 0 fully saturated rings. The summed E-state index contributed by atoms with van der Waals surface area (Å²) in [6.45, 7) is 2.54. The van der Waals surface area contributed by atoms with Crippen LogP contribution >= 0.6 is 11.6 Å². The first-order valence-corrected chi connectivity index (χ1v) is 8.25. The summed E-state index contributed by atoms with van der Waals surface area (Å²) < 4.78 is 31.1. The van der Waals surface area contributed by atoms with Gasteiger partial charge in [-0.25, -0.2) is 13.8 Å². The molecule has 8 heteroatoms. The zero-order chi connectivity index (χ0) is 18.4. The van der Waals surface area contributed by atoms with Crippen molar-refractivity contribution < 1.29 is 18.3 Å². The van der Waals surface area contributed by atoms with Crippen molar-refractivity contribution in [3.8, 4) is 0 Å². The van der Waals surface area contributed by atoms with Crippen LogP contribution < -0.4 is 0 Å². The Morgan fingerprint density at radius 2 is 2.32 bits per heavy atom. The Bertz CT molecular complexity index is 761. The summed E-state index contributed by atoms with van der Waals surface area (Å²) in [5.74, 6) is -3.09. The molecule has 1 aromatic heterocycles. The van der Waals surface area contributed by atoms with Crippen molar-refractivity contribution in [2.45, 2.75) is 26.3 Å². The number of fused-ring (bicyclic) bond motifs is 1. The molecule has 25 heavy (non-hydrogen) atoms. The number of nitrogens with one attached hydrogen (secondary N) is 1. The van der Waals surface area contributed by atoms with Crippen LogP contribution in [0.15, 0.2) is 23.6 Å². The van der Waals surface area contributed by atoms with Gasteiger partial charge in [0.2, 0.25) is 0 Å². The summed E-state index contributed by atoms with van der Waals surface area (Å²) in [6.07, 6.45) is 2.73. The fourth-order valence-electron chi connectivity index (χ4n) is 3.16. The molecule has 0 saturated heterocycles. The lowest BCUT2D eigenvalue weighted by Crippen LogP contribution is -2.32. The Balaban J connectivity index is 1.64. The van der Waals surface area contributed by atoms with Crippen LogP contribution in [0.4, 0.5) is 8.78 Å². The normalized spacial score (nSPS) is 20.6. The van der Waals surface area contributed by atoms with E-state index in [1.807, 2.05) is 0 Å². The van der Waals surface area contributed by atoms with Crippen LogP contribution in [0.2, 0.25) is 5.15 Å². The van der Waals surface area contributed by atoms with E-state index in [9.17, 15) is 13.6 Å². The van der Waals surface area contributed by atoms with Gasteiger partial charge in [-0.05, 0) is 18.6 Å². The Kier molecular flexibility index (Phi) is 4.53. The number of alkyl halides is 2. The molecule has 1 aliphatic heterocycles. The second-order valence-corrected chi connectivity index (χ2v) is 6.89. The first-order valence-electron chi connectivity index (χ1n) is 7.87. The van der Waals surface area contributed by atoms with Gasteiger partial charge in [-0.3, -0.25) is 4.79 Å². The van der Waals surface area contributed by atoms with E-state index in [-0.39, 0.29) is 17.7 Å². The third-order valence-electron chi connectivity index (χ3n) is 4.48. The molecule has 2 unspecified atom stereocenters. The molecule has 0 spiro atoms. The molecule has 2 atom stereocenters. The Labute approximate surface area is 149 Å². The van der Waals surface area contributed by atoms with Crippen LogP contribution in [0.3, 0.4) is 0 Å². The Hall–Kier alpha value is -2.02. The summed E-state index contributed by atoms with van der Waals surface area (Å²) in [5.41, 5.74) is 2.05. The molecule has 134 valence electrons. The maximum atomic E-state index is 13.0. The number of hydrogen-bond donors (Lipinski definition) is 1. The van der Waals surface area contributed by atoms with Gasteiger partial charge in [-0.2, -0.15) is 0 Å². The lowest BCUT2D eigenvalue weighted by molar-refractivity contribution is -0.0432. The number of carbonyl (C=O) groups excluding carboxylic acids is 1. The lowest BCUT2D eigenvalue weighted by Gasteiger charge is -2.21. The van der Waals surface area contributed by atoms with Gasteiger partial charge in [0.15, 0.2) is 6.61 Å². The molecule has 3 rings (SSSR count). The van der Waals surface area contributed by atoms with E-state index in [2.05, 4.69) is 4.98 Å². The van der Waals surface area contributed by atoms with Gasteiger partial charge in [0, 0.05) is 49.5 Å². The zero-order valence-corrected chi connectivity index (χ0v) is 14.6. The fourth-order valence-corrected chi connectivity index (χ4v) is 3.37. The number of ether oxygens (including phenoxy) is 1. The highest BCUT2D eigenvalue weighted by atomic mass is 35.5. The molecule has 0 saturated carbocycles. The molecule has 1 amide bonds. The molecule has 1 aromatic rings. The molecular weight excluding hydrogens is 352 g/mol. The molecule has 0 aromatic carbocycles. The number of rotatable bonds is 7. The minimum Gasteiger partial charge on any atom is -0.491 e. The number of nitrogens with zero attached hydrogens (tertiary/aromatic N) is 2. The average Bonchev–Trinajstić information content (AvgIpc) is 3.07. The Morgan fingerprint density at radius 1 is 1.60 bits per heavy atom. The van der Waals surface area contributed by atoms with E-state index in [4.69, 9.17) is 21.7 Å². The third kappa shape index (κ3) is 3.51. The van der Waals surface area contributed by atoms with Crippen molar-refractivity contribution >= 4 is 23.7 Å². The summed E-state index contributed by atoms with van der Waals surface area (Å²) >= 11 is 6.04. The predicted octanol–water partition coefficient (Wildman–Crippen LogP) is 3.53. The molecule has 0 bridgehead atoms. The standard InChI is InChI=1S/C17H18ClF2N3O2/c1-9-13(14(9)25-8-17(2,19)20)10(5-21)6-23-7-12-11(16(23)24)3-4-22-15(12)18/h3-5,10,13,21H,6-8H2,1-2H3. The number of amides is 1. The van der Waals surface area contributed by atoms with E-state index < -0.39 is 12.5 Å². The van der Waals surface area contributed by atoms with Gasteiger partial charge >= 0.3 is 0 Å². The molecule has 1 aliphatic carbocycles. The second kappa shape index (κ2) is 6.37. The Morgan fingerprint density at radius 3 is 2.92 bits per heavy atom. The van der Waals surface area contributed by atoms with Crippen molar-refractivity contribution in [1.82, 2.24) is 9.88 Å². The van der Waals surface area contributed by atoms with Crippen molar-refractivity contribution in [3.63, 3.8) is 0 Å². The minimum atomic E-state index is -2.91. The first kappa shape index (κ1) is 17.8. The molecule has 2 heterocycles. The third-order valence-corrected chi connectivity index (χ3v) is 4.80. The smallest absolute Gasteiger partial charge is 0.278 e. The van der Waals surface area contributed by atoms with E-state index in [1.54, 1.807) is 17.9 Å². The number of aromatic nitrogens is 1. The predicted molar refractivity (Wildman–Crippen MR) is 89.0 cm³/mol. The molecule has 1 N–H and O–H groups in total. The summed E-state index contributed by atoms with van der Waals surface area (Å²) in [4.78, 5) is 18.1. The first-order chi connectivity index (χ1) is 11.7. The van der Waals surface area contributed by atoms with Gasteiger partial charge in [0.05, 0.1) is 5.92 Å². The highest BCUT2D eigenvalue weighted by Gasteiger charge is 2.44. The van der Waals surface area contributed by atoms with Crippen molar-refractivity contribution in [2.75, 3.05) is 13.2 Å². The number of halogens is 3. The fraction of sp³-hybridized carbons (Fsp3) is 0.471. The van der Waals surface area contributed by atoms with E-state index in [0.717, 1.165) is 12.5 Å². The number of carbonyl (C=O) groups is 1. The van der Waals surface area contributed by atoms with Crippen molar-refractivity contribution in [1.29, 1.82) is 5.41 Å². The molecule has 0 radical (unpaired) electrons. The van der Waals surface area contributed by atoms with Crippen LogP contribution in [-0.4, -0.2) is 41.1 Å². The highest BCUT2D eigenvalue weighted by Crippen LogP contribution is 2.46.